The summed E-state index contributed by atoms with van der Waals surface area (Å²) in [4.78, 5) is 6.30. The van der Waals surface area contributed by atoms with Crippen LogP contribution in [0.25, 0.3) is 0 Å². The molecule has 2 heterocycles. The van der Waals surface area contributed by atoms with Gasteiger partial charge in [-0.3, -0.25) is 4.90 Å². The highest BCUT2D eigenvalue weighted by molar-refractivity contribution is 7.89. The summed E-state index contributed by atoms with van der Waals surface area (Å²) in [5.41, 5.74) is 0.815. The van der Waals surface area contributed by atoms with Crippen LogP contribution in [0.2, 0.25) is 0 Å². The molecule has 112 valence electrons. The first kappa shape index (κ1) is 15.7. The Balaban J connectivity index is 2.11. The molecule has 1 aromatic heterocycles. The van der Waals surface area contributed by atoms with Crippen molar-refractivity contribution in [3.8, 4) is 0 Å². The minimum absolute atomic E-state index is 0.101. The summed E-state index contributed by atoms with van der Waals surface area (Å²) in [6.07, 6.45) is 1.52. The summed E-state index contributed by atoms with van der Waals surface area (Å²) in [7, 11) is -3.48. The molecule has 1 aliphatic rings. The van der Waals surface area contributed by atoms with Gasteiger partial charge < -0.3 is 0 Å². The smallest absolute Gasteiger partial charge is 0.260 e. The molecule has 7 heteroatoms. The Labute approximate surface area is 125 Å². The molecule has 0 aromatic carbocycles. The molecular weight excluding hydrogens is 298 g/mol. The van der Waals surface area contributed by atoms with Crippen LogP contribution in [0.1, 0.15) is 19.4 Å². The van der Waals surface area contributed by atoms with Crippen LogP contribution in [0.4, 0.5) is 0 Å². The molecule has 1 fully saturated rings. The zero-order valence-electron chi connectivity index (χ0n) is 11.8. The number of aromatic nitrogens is 1. The number of halogens is 1. The highest BCUT2D eigenvalue weighted by atomic mass is 35.5. The van der Waals surface area contributed by atoms with E-state index in [1.54, 1.807) is 6.07 Å². The zero-order valence-corrected chi connectivity index (χ0v) is 13.4. The fourth-order valence-electron chi connectivity index (χ4n) is 2.24. The number of rotatable bonds is 4. The average Bonchev–Trinajstić information content (AvgIpc) is 2.47. The van der Waals surface area contributed by atoms with E-state index < -0.39 is 10.0 Å². The van der Waals surface area contributed by atoms with Crippen molar-refractivity contribution < 1.29 is 8.42 Å². The highest BCUT2D eigenvalue weighted by Crippen LogP contribution is 2.17. The van der Waals surface area contributed by atoms with Crippen LogP contribution in [0.15, 0.2) is 23.4 Å². The Morgan fingerprint density at radius 1 is 1.25 bits per heavy atom. The first-order chi connectivity index (χ1) is 9.45. The number of hydrogen-bond donors (Lipinski definition) is 0. The van der Waals surface area contributed by atoms with E-state index in [-0.39, 0.29) is 5.03 Å². The van der Waals surface area contributed by atoms with Gasteiger partial charge in [0.2, 0.25) is 0 Å². The Bertz CT molecular complexity index is 537. The third kappa shape index (κ3) is 3.31. The molecule has 0 atom stereocenters. The van der Waals surface area contributed by atoms with Gasteiger partial charge in [0, 0.05) is 44.3 Å². The molecule has 0 aliphatic carbocycles. The quantitative estimate of drug-likeness (QED) is 0.790. The maximum atomic E-state index is 12.5. The normalized spacial score (nSPS) is 18.6. The van der Waals surface area contributed by atoms with Crippen molar-refractivity contribution in [3.05, 3.63) is 23.9 Å². The van der Waals surface area contributed by atoms with Crippen molar-refractivity contribution in [3.63, 3.8) is 0 Å². The molecule has 0 unspecified atom stereocenters. The summed E-state index contributed by atoms with van der Waals surface area (Å²) >= 11 is 5.68. The second-order valence-electron chi connectivity index (χ2n) is 5.17. The molecule has 1 aromatic rings. The maximum Gasteiger partial charge on any atom is 0.260 e. The van der Waals surface area contributed by atoms with Crippen molar-refractivity contribution in [1.82, 2.24) is 14.2 Å². The number of hydrogen-bond acceptors (Lipinski definition) is 4. The average molecular weight is 318 g/mol. The molecular formula is C13H20ClN3O2S. The number of piperazine rings is 1. The summed E-state index contributed by atoms with van der Waals surface area (Å²) in [6, 6.07) is 3.68. The lowest BCUT2D eigenvalue weighted by molar-refractivity contribution is 0.154. The molecule has 0 bridgehead atoms. The highest BCUT2D eigenvalue weighted by Gasteiger charge is 2.29. The van der Waals surface area contributed by atoms with E-state index in [1.165, 1.54) is 16.6 Å². The molecule has 0 N–H and O–H groups in total. The van der Waals surface area contributed by atoms with Gasteiger partial charge in [0.15, 0.2) is 5.03 Å². The van der Waals surface area contributed by atoms with E-state index in [0.29, 0.717) is 25.0 Å². The van der Waals surface area contributed by atoms with Gasteiger partial charge in [-0.1, -0.05) is 6.07 Å². The van der Waals surface area contributed by atoms with Crippen LogP contribution < -0.4 is 0 Å². The van der Waals surface area contributed by atoms with Gasteiger partial charge in [-0.2, -0.15) is 4.31 Å². The van der Waals surface area contributed by atoms with Crippen molar-refractivity contribution in [2.75, 3.05) is 26.2 Å². The molecule has 5 nitrogen and oxygen atoms in total. The monoisotopic (exact) mass is 317 g/mol. The molecule has 0 amide bonds. The Hall–Kier alpha value is -0.690. The van der Waals surface area contributed by atoms with Gasteiger partial charge in [0.1, 0.15) is 0 Å². The number of nitrogens with zero attached hydrogens (tertiary/aromatic N) is 3. The minimum atomic E-state index is -3.48. The van der Waals surface area contributed by atoms with Crippen molar-refractivity contribution in [2.45, 2.75) is 30.8 Å². The summed E-state index contributed by atoms with van der Waals surface area (Å²) < 4.78 is 26.5. The second kappa shape index (κ2) is 6.39. The molecule has 1 aliphatic heterocycles. The minimum Gasteiger partial charge on any atom is -0.298 e. The van der Waals surface area contributed by atoms with Crippen LogP contribution in [-0.2, 0) is 15.9 Å². The van der Waals surface area contributed by atoms with E-state index in [0.717, 1.165) is 18.7 Å². The second-order valence-corrected chi connectivity index (χ2v) is 7.32. The number of pyridine rings is 1. The molecule has 1 saturated heterocycles. The van der Waals surface area contributed by atoms with Gasteiger partial charge in [0.25, 0.3) is 10.0 Å². The van der Waals surface area contributed by atoms with Crippen LogP contribution in [0.5, 0.6) is 0 Å². The first-order valence-corrected chi connectivity index (χ1v) is 8.67. The van der Waals surface area contributed by atoms with Crippen LogP contribution in [0, 0.1) is 0 Å². The zero-order chi connectivity index (χ0) is 14.8. The number of alkyl halides is 1. The maximum absolute atomic E-state index is 12.5. The lowest BCUT2D eigenvalue weighted by atomic mass is 10.3. The van der Waals surface area contributed by atoms with Crippen molar-refractivity contribution in [1.29, 1.82) is 0 Å². The lowest BCUT2D eigenvalue weighted by Crippen LogP contribution is -2.50. The van der Waals surface area contributed by atoms with Crippen LogP contribution in [-0.4, -0.2) is 54.8 Å². The van der Waals surface area contributed by atoms with Crippen molar-refractivity contribution in [2.24, 2.45) is 0 Å². The first-order valence-electron chi connectivity index (χ1n) is 6.70. The summed E-state index contributed by atoms with van der Waals surface area (Å²) in [6.45, 7) is 6.79. The van der Waals surface area contributed by atoms with Gasteiger partial charge in [0.05, 0.1) is 0 Å². The van der Waals surface area contributed by atoms with Gasteiger partial charge >= 0.3 is 0 Å². The lowest BCUT2D eigenvalue weighted by Gasteiger charge is -2.35. The predicted molar refractivity (Wildman–Crippen MR) is 79.3 cm³/mol. The van der Waals surface area contributed by atoms with Crippen molar-refractivity contribution >= 4 is 21.6 Å². The topological polar surface area (TPSA) is 53.5 Å². The third-order valence-electron chi connectivity index (χ3n) is 3.56. The third-order valence-corrected chi connectivity index (χ3v) is 5.68. The van der Waals surface area contributed by atoms with Crippen LogP contribution >= 0.6 is 11.6 Å². The van der Waals surface area contributed by atoms with Gasteiger partial charge in [-0.05, 0) is 25.5 Å². The fourth-order valence-corrected chi connectivity index (χ4v) is 3.73. The predicted octanol–water partition coefficient (Wildman–Crippen LogP) is 1.54. The van der Waals surface area contributed by atoms with Gasteiger partial charge in [-0.15, -0.1) is 11.6 Å². The molecule has 2 rings (SSSR count). The fraction of sp³-hybridized carbons (Fsp3) is 0.615. The van der Waals surface area contributed by atoms with Gasteiger partial charge in [-0.25, -0.2) is 13.4 Å². The van der Waals surface area contributed by atoms with Crippen LogP contribution in [0.3, 0.4) is 0 Å². The molecule has 0 saturated carbocycles. The molecule has 0 radical (unpaired) electrons. The SMILES string of the molecule is CC(C)N1CCN(S(=O)(=O)c2ccc(CCl)cn2)CC1. The number of sulfonamides is 1. The standard InChI is InChI=1S/C13H20ClN3O2S/c1-11(2)16-5-7-17(8-6-16)20(18,19)13-4-3-12(9-14)10-15-13/h3-4,10-11H,5-9H2,1-2H3. The van der Waals surface area contributed by atoms with E-state index in [9.17, 15) is 8.42 Å². The summed E-state index contributed by atoms with van der Waals surface area (Å²) in [5.74, 6) is 0.334. The Kier molecular flexibility index (Phi) is 5.01. The van der Waals surface area contributed by atoms with E-state index in [2.05, 4.69) is 23.7 Å². The van der Waals surface area contributed by atoms with E-state index >= 15 is 0 Å². The molecule has 0 spiro atoms. The Morgan fingerprint density at radius 3 is 2.35 bits per heavy atom. The Morgan fingerprint density at radius 2 is 1.90 bits per heavy atom. The van der Waals surface area contributed by atoms with E-state index in [4.69, 9.17) is 11.6 Å². The molecule has 20 heavy (non-hydrogen) atoms. The summed E-state index contributed by atoms with van der Waals surface area (Å²) in [5, 5.41) is 0.101. The van der Waals surface area contributed by atoms with E-state index in [1.807, 2.05) is 0 Å². The largest absolute Gasteiger partial charge is 0.298 e.